The number of allylic oxidation sites excluding steroid dienone is 10. The Labute approximate surface area is 282 Å². The zero-order valence-electron chi connectivity index (χ0n) is 29.5. The van der Waals surface area contributed by atoms with Crippen LogP contribution in [-0.4, -0.2) is 8.42 Å². The van der Waals surface area contributed by atoms with Gasteiger partial charge in [0.15, 0.2) is 9.84 Å². The van der Waals surface area contributed by atoms with Crippen LogP contribution in [0, 0.1) is 22.5 Å². The van der Waals surface area contributed by atoms with Crippen molar-refractivity contribution in [1.82, 2.24) is 0 Å². The Hall–Kier alpha value is -3.31. The molecule has 2 nitrogen and oxygen atoms in total. The first kappa shape index (κ1) is 36.5. The average Bonchev–Trinajstić information content (AvgIpc) is 2.98. The molecule has 2 atom stereocenters. The highest BCUT2D eigenvalue weighted by Crippen LogP contribution is 2.43. The smallest absolute Gasteiger partial charge is 0.171 e. The predicted octanol–water partition coefficient (Wildman–Crippen LogP) is 12.2. The molecule has 0 saturated heterocycles. The van der Waals surface area contributed by atoms with Crippen molar-refractivity contribution in [3.05, 3.63) is 141 Å². The maximum absolute atomic E-state index is 14.9. The van der Waals surface area contributed by atoms with Gasteiger partial charge in [0.25, 0.3) is 0 Å². The van der Waals surface area contributed by atoms with Crippen LogP contribution < -0.4 is 0 Å². The van der Waals surface area contributed by atoms with E-state index in [1.54, 1.807) is 36.4 Å². The normalized spacial score (nSPS) is 20.7. The van der Waals surface area contributed by atoms with E-state index in [4.69, 9.17) is 0 Å². The van der Waals surface area contributed by atoms with E-state index in [0.717, 1.165) is 49.7 Å². The minimum absolute atomic E-state index is 0.0481. The molecule has 2 unspecified atom stereocenters. The fraction of sp³-hybridized carbons (Fsp3) is 0.429. The zero-order chi connectivity index (χ0) is 34.6. The third-order valence-corrected chi connectivity index (χ3v) is 12.3. The molecule has 4 rings (SSSR count). The summed E-state index contributed by atoms with van der Waals surface area (Å²) < 4.78 is 57.8. The highest BCUT2D eigenvalue weighted by molar-refractivity contribution is 7.92. The van der Waals surface area contributed by atoms with Gasteiger partial charge in [-0.05, 0) is 124 Å². The van der Waals surface area contributed by atoms with Crippen molar-refractivity contribution >= 4 is 9.84 Å². The van der Waals surface area contributed by atoms with Crippen molar-refractivity contribution in [2.75, 3.05) is 0 Å². The van der Waals surface area contributed by atoms with E-state index in [1.165, 1.54) is 46.6 Å². The minimum atomic E-state index is -4.03. The van der Waals surface area contributed by atoms with Crippen molar-refractivity contribution in [2.24, 2.45) is 10.8 Å². The van der Waals surface area contributed by atoms with Crippen LogP contribution in [0.3, 0.4) is 0 Å². The molecule has 0 amide bonds. The molecule has 0 N–H and O–H groups in total. The van der Waals surface area contributed by atoms with Crippen molar-refractivity contribution < 1.29 is 17.2 Å². The lowest BCUT2D eigenvalue weighted by atomic mass is 9.72. The van der Waals surface area contributed by atoms with Crippen molar-refractivity contribution in [3.8, 4) is 0 Å². The van der Waals surface area contributed by atoms with E-state index in [-0.39, 0.29) is 10.8 Å². The van der Waals surface area contributed by atoms with Crippen molar-refractivity contribution in [2.45, 2.75) is 104 Å². The number of benzene rings is 2. The van der Waals surface area contributed by atoms with Gasteiger partial charge in [0.2, 0.25) is 0 Å². The molecule has 2 aliphatic carbocycles. The molecular formula is C42H52F2O2S. The van der Waals surface area contributed by atoms with Gasteiger partial charge in [0, 0.05) is 0 Å². The van der Waals surface area contributed by atoms with Crippen LogP contribution in [-0.2, 0) is 9.84 Å². The van der Waals surface area contributed by atoms with Gasteiger partial charge < -0.3 is 0 Å². The Morgan fingerprint density at radius 1 is 0.660 bits per heavy atom. The van der Waals surface area contributed by atoms with Crippen LogP contribution in [0.2, 0.25) is 0 Å². The van der Waals surface area contributed by atoms with E-state index >= 15 is 0 Å². The second-order valence-electron chi connectivity index (χ2n) is 14.9. The Bertz CT molecular complexity index is 1600. The summed E-state index contributed by atoms with van der Waals surface area (Å²) in [5.74, 6) is -0.864. The monoisotopic (exact) mass is 658 g/mol. The molecule has 0 heterocycles. The van der Waals surface area contributed by atoms with E-state index in [0.29, 0.717) is 11.1 Å². The van der Waals surface area contributed by atoms with Crippen LogP contribution in [0.15, 0.2) is 118 Å². The maximum atomic E-state index is 14.9. The lowest BCUT2D eigenvalue weighted by Crippen LogP contribution is -2.20. The second kappa shape index (κ2) is 14.8. The third-order valence-electron chi connectivity index (χ3n) is 10.0. The molecule has 0 aromatic heterocycles. The van der Waals surface area contributed by atoms with Gasteiger partial charge in [-0.3, -0.25) is 0 Å². The first-order chi connectivity index (χ1) is 22.0. The fourth-order valence-corrected chi connectivity index (χ4v) is 9.46. The van der Waals surface area contributed by atoms with Gasteiger partial charge in [-0.1, -0.05) is 111 Å². The zero-order valence-corrected chi connectivity index (χ0v) is 30.3. The summed E-state index contributed by atoms with van der Waals surface area (Å²) in [6, 6.07) is 11.4. The summed E-state index contributed by atoms with van der Waals surface area (Å²) >= 11 is 0. The fourth-order valence-electron chi connectivity index (χ4n) is 7.26. The number of rotatable bonds is 10. The summed E-state index contributed by atoms with van der Waals surface area (Å²) in [6.45, 7) is 17.2. The van der Waals surface area contributed by atoms with E-state index in [9.17, 15) is 17.2 Å². The standard InChI is InChI=1S/C42H52F2O2S/c1-29(13-23-37-31(3)11-9-25-41(37,5)6)27-39(33-15-19-35(43)20-16-33)47(45,46)40(34-17-21-36(44)22-18-34)28-30(2)14-24-38-32(4)12-10-26-42(38,7)8/h13-24,27-28,39-40H,9-12,25-26H2,1-8H3. The minimum Gasteiger partial charge on any atom is -0.227 e. The van der Waals surface area contributed by atoms with Gasteiger partial charge in [-0.15, -0.1) is 0 Å². The van der Waals surface area contributed by atoms with Gasteiger partial charge >= 0.3 is 0 Å². The molecule has 5 heteroatoms. The number of halogens is 2. The summed E-state index contributed by atoms with van der Waals surface area (Å²) in [7, 11) is -4.03. The van der Waals surface area contributed by atoms with Gasteiger partial charge in [-0.2, -0.15) is 0 Å². The lowest BCUT2D eigenvalue weighted by Gasteiger charge is -2.33. The van der Waals surface area contributed by atoms with Crippen LogP contribution in [0.5, 0.6) is 0 Å². The predicted molar refractivity (Wildman–Crippen MR) is 194 cm³/mol. The molecule has 0 fully saturated rings. The first-order valence-corrected chi connectivity index (χ1v) is 18.5. The molecule has 47 heavy (non-hydrogen) atoms. The Balaban J connectivity index is 1.82. The average molecular weight is 659 g/mol. The summed E-state index contributed by atoms with van der Waals surface area (Å²) in [6.07, 6.45) is 18.4. The molecule has 252 valence electrons. The molecule has 0 bridgehead atoms. The highest BCUT2D eigenvalue weighted by Gasteiger charge is 2.34. The van der Waals surface area contributed by atoms with E-state index in [2.05, 4.69) is 53.7 Å². The molecular weight excluding hydrogens is 607 g/mol. The molecule has 0 aliphatic heterocycles. The number of hydrogen-bond donors (Lipinski definition) is 0. The SMILES string of the molecule is CC(C=CC1=C(C)CCCC1(C)C)=CC(c1ccc(F)cc1)S(=O)(=O)C(C=C(C)C=CC1=C(C)CCCC1(C)C)c1ccc(F)cc1. The maximum Gasteiger partial charge on any atom is 0.171 e. The third kappa shape index (κ3) is 8.99. The Morgan fingerprint density at radius 3 is 1.32 bits per heavy atom. The summed E-state index contributed by atoms with van der Waals surface area (Å²) in [4.78, 5) is 0. The van der Waals surface area contributed by atoms with E-state index < -0.39 is 32.0 Å². The highest BCUT2D eigenvalue weighted by atomic mass is 32.2. The van der Waals surface area contributed by atoms with E-state index in [1.807, 2.05) is 26.0 Å². The molecule has 0 saturated carbocycles. The molecule has 0 radical (unpaired) electrons. The number of hydrogen-bond acceptors (Lipinski definition) is 2. The lowest BCUT2D eigenvalue weighted by molar-refractivity contribution is 0.376. The van der Waals surface area contributed by atoms with Crippen molar-refractivity contribution in [1.29, 1.82) is 0 Å². The molecule has 2 aromatic carbocycles. The Morgan fingerprint density at radius 2 is 1.00 bits per heavy atom. The summed E-state index contributed by atoms with van der Waals surface area (Å²) in [5.41, 5.74) is 7.95. The van der Waals surface area contributed by atoms with Crippen molar-refractivity contribution in [3.63, 3.8) is 0 Å². The van der Waals surface area contributed by atoms with Gasteiger partial charge in [-0.25, -0.2) is 17.2 Å². The molecule has 0 spiro atoms. The quantitative estimate of drug-likeness (QED) is 0.238. The molecule has 2 aromatic rings. The van der Waals surface area contributed by atoms with Gasteiger partial charge in [0.05, 0.1) is 0 Å². The largest absolute Gasteiger partial charge is 0.227 e. The Kier molecular flexibility index (Phi) is 11.5. The second-order valence-corrected chi connectivity index (χ2v) is 17.1. The number of sulfone groups is 1. The summed E-state index contributed by atoms with van der Waals surface area (Å²) in [5, 5.41) is -2.12. The van der Waals surface area contributed by atoms with Crippen LogP contribution in [0.25, 0.3) is 0 Å². The topological polar surface area (TPSA) is 34.1 Å². The van der Waals surface area contributed by atoms with Crippen LogP contribution in [0.4, 0.5) is 8.78 Å². The van der Waals surface area contributed by atoms with Crippen LogP contribution >= 0.6 is 0 Å². The molecule has 2 aliphatic rings. The van der Waals surface area contributed by atoms with Gasteiger partial charge in [0.1, 0.15) is 22.1 Å². The van der Waals surface area contributed by atoms with Crippen LogP contribution in [0.1, 0.15) is 116 Å². The first-order valence-electron chi connectivity index (χ1n) is 16.9.